The summed E-state index contributed by atoms with van der Waals surface area (Å²) in [4.78, 5) is 11.9. The van der Waals surface area contributed by atoms with E-state index in [1.165, 1.54) is 13.0 Å². The number of carbonyl (C=O) groups is 1. The first-order valence-electron chi connectivity index (χ1n) is 7.28. The van der Waals surface area contributed by atoms with E-state index in [1.54, 1.807) is 0 Å². The summed E-state index contributed by atoms with van der Waals surface area (Å²) in [5.41, 5.74) is -3.40. The quantitative estimate of drug-likeness (QED) is 0.660. The molecule has 1 saturated carbocycles. The number of alkyl halides is 3. The molecular weight excluding hydrogens is 314 g/mol. The number of anilines is 1. The van der Waals surface area contributed by atoms with Gasteiger partial charge in [-0.3, -0.25) is 4.79 Å². The van der Waals surface area contributed by atoms with E-state index in [0.29, 0.717) is 0 Å². The summed E-state index contributed by atoms with van der Waals surface area (Å²) in [5, 5.41) is 2.36. The second-order valence-electron chi connectivity index (χ2n) is 5.87. The van der Waals surface area contributed by atoms with Crippen LogP contribution < -0.4 is 5.32 Å². The van der Waals surface area contributed by atoms with Gasteiger partial charge in [-0.15, -0.1) is 0 Å². The molecule has 1 aromatic rings. The highest BCUT2D eigenvalue weighted by Crippen LogP contribution is 2.49. The van der Waals surface area contributed by atoms with Crippen molar-refractivity contribution in [1.82, 2.24) is 0 Å². The highest BCUT2D eigenvalue weighted by molar-refractivity contribution is 5.95. The lowest BCUT2D eigenvalue weighted by Crippen LogP contribution is -2.45. The van der Waals surface area contributed by atoms with Crippen LogP contribution in [0.25, 0.3) is 0 Å². The fourth-order valence-corrected chi connectivity index (χ4v) is 2.57. The van der Waals surface area contributed by atoms with Crippen molar-refractivity contribution in [2.75, 3.05) is 5.32 Å². The summed E-state index contributed by atoms with van der Waals surface area (Å²) in [6.45, 7) is 1.24. The Morgan fingerprint density at radius 1 is 1.35 bits per heavy atom. The molecule has 1 aromatic carbocycles. The fraction of sp³-hybridized carbons (Fsp3) is 0.438. The van der Waals surface area contributed by atoms with Crippen molar-refractivity contribution in [3.63, 3.8) is 0 Å². The minimum absolute atomic E-state index is 0.0667. The summed E-state index contributed by atoms with van der Waals surface area (Å²) < 4.78 is 60.5. The van der Waals surface area contributed by atoms with E-state index in [2.05, 4.69) is 5.32 Å². The van der Waals surface area contributed by atoms with E-state index in [0.717, 1.165) is 37.1 Å². The van der Waals surface area contributed by atoms with Crippen LogP contribution in [0.15, 0.2) is 30.4 Å². The molecule has 0 spiro atoms. The van der Waals surface area contributed by atoms with Gasteiger partial charge >= 0.3 is 6.18 Å². The number of amides is 1. The zero-order valence-electron chi connectivity index (χ0n) is 12.3. The largest absolute Gasteiger partial charge is 0.425 e. The van der Waals surface area contributed by atoms with E-state index in [-0.39, 0.29) is 11.6 Å². The van der Waals surface area contributed by atoms with Gasteiger partial charge in [-0.05, 0) is 50.0 Å². The number of nitrogens with one attached hydrogen (secondary N) is 1. The molecule has 2 atom stereocenters. The molecule has 2 aliphatic rings. The van der Waals surface area contributed by atoms with Crippen LogP contribution in [0, 0.1) is 11.7 Å². The van der Waals surface area contributed by atoms with Gasteiger partial charge in [0.1, 0.15) is 11.9 Å². The number of carbonyl (C=O) groups excluding carboxylic acids is 1. The van der Waals surface area contributed by atoms with Crippen LogP contribution in [-0.4, -0.2) is 18.2 Å². The normalized spacial score (nSPS) is 28.4. The highest BCUT2D eigenvalue weighted by Gasteiger charge is 2.59. The van der Waals surface area contributed by atoms with Crippen LogP contribution >= 0.6 is 0 Å². The molecule has 0 unspecified atom stereocenters. The zero-order chi connectivity index (χ0) is 16.8. The molecule has 1 N–H and O–H groups in total. The van der Waals surface area contributed by atoms with Gasteiger partial charge in [-0.2, -0.15) is 13.2 Å². The van der Waals surface area contributed by atoms with Crippen LogP contribution in [0.3, 0.4) is 0 Å². The summed E-state index contributed by atoms with van der Waals surface area (Å²) in [7, 11) is 0. The maximum absolute atomic E-state index is 13.9. The molecule has 0 saturated heterocycles. The lowest BCUT2D eigenvalue weighted by molar-refractivity contribution is -0.271. The number of rotatable bonds is 2. The van der Waals surface area contributed by atoms with Crippen LogP contribution in [0.2, 0.25) is 0 Å². The number of benzene rings is 1. The van der Waals surface area contributed by atoms with E-state index in [4.69, 9.17) is 4.74 Å². The lowest BCUT2D eigenvalue weighted by Gasteiger charge is -2.34. The average Bonchev–Trinajstić information content (AvgIpc) is 3.27. The van der Waals surface area contributed by atoms with Crippen molar-refractivity contribution in [2.24, 2.45) is 5.92 Å². The van der Waals surface area contributed by atoms with E-state index in [1.807, 2.05) is 0 Å². The Kier molecular flexibility index (Phi) is 3.71. The number of halogens is 4. The van der Waals surface area contributed by atoms with Crippen molar-refractivity contribution < 1.29 is 27.1 Å². The van der Waals surface area contributed by atoms with E-state index >= 15 is 0 Å². The molecule has 124 valence electrons. The topological polar surface area (TPSA) is 38.3 Å². The molecule has 1 fully saturated rings. The Bertz CT molecular complexity index is 667. The molecule has 3 rings (SSSR count). The van der Waals surface area contributed by atoms with Crippen molar-refractivity contribution in [2.45, 2.75) is 37.6 Å². The van der Waals surface area contributed by atoms with Crippen LogP contribution in [0.1, 0.15) is 25.3 Å². The van der Waals surface area contributed by atoms with Crippen molar-refractivity contribution in [3.8, 4) is 0 Å². The summed E-state index contributed by atoms with van der Waals surface area (Å²) in [6, 6.07) is 2.88. The Hall–Kier alpha value is -1.89. The predicted molar refractivity (Wildman–Crippen MR) is 75.2 cm³/mol. The molecule has 1 aliphatic carbocycles. The van der Waals surface area contributed by atoms with Gasteiger partial charge < -0.3 is 10.1 Å². The van der Waals surface area contributed by atoms with Crippen LogP contribution in [-0.2, 0) is 15.1 Å². The first-order chi connectivity index (χ1) is 10.7. The maximum Gasteiger partial charge on any atom is 0.425 e. The standard InChI is InChI=1S/C16H15F4NO2/c1-9-14(22)21-13-5-4-11(17)8-12(13)15(23-9,16(18,19)20)7-6-10-2-3-10/h4-10H,2-3H2,1H3,(H,21,22)/b7-6+/t9-,15-/m0/s1. The minimum atomic E-state index is -4.85. The number of ether oxygens (including phenoxy) is 1. The SMILES string of the molecule is C[C@@H]1O[C@](/C=C/C2CC2)(C(F)(F)F)c2cc(F)ccc2NC1=O. The Morgan fingerprint density at radius 2 is 2.04 bits per heavy atom. The molecule has 1 heterocycles. The van der Waals surface area contributed by atoms with Crippen molar-refractivity contribution in [3.05, 3.63) is 41.7 Å². The molecule has 3 nitrogen and oxygen atoms in total. The van der Waals surface area contributed by atoms with Gasteiger partial charge in [0.2, 0.25) is 5.60 Å². The number of hydrogen-bond acceptors (Lipinski definition) is 2. The Labute approximate surface area is 130 Å². The number of hydrogen-bond donors (Lipinski definition) is 1. The van der Waals surface area contributed by atoms with Crippen LogP contribution in [0.5, 0.6) is 0 Å². The fourth-order valence-electron chi connectivity index (χ4n) is 2.57. The first kappa shape index (κ1) is 16.0. The number of allylic oxidation sites excluding steroid dienone is 1. The van der Waals surface area contributed by atoms with E-state index in [9.17, 15) is 22.4 Å². The second kappa shape index (κ2) is 5.33. The van der Waals surface area contributed by atoms with Crippen LogP contribution in [0.4, 0.5) is 23.2 Å². The predicted octanol–water partition coefficient (Wildman–Crippen LogP) is 3.91. The van der Waals surface area contributed by atoms with Gasteiger partial charge in [-0.25, -0.2) is 4.39 Å². The molecule has 0 aromatic heterocycles. The molecule has 1 amide bonds. The minimum Gasteiger partial charge on any atom is -0.344 e. The van der Waals surface area contributed by atoms with Gasteiger partial charge in [0.25, 0.3) is 5.91 Å². The molecule has 0 radical (unpaired) electrons. The third-order valence-corrected chi connectivity index (χ3v) is 4.02. The molecule has 7 heteroatoms. The van der Waals surface area contributed by atoms with Crippen molar-refractivity contribution in [1.29, 1.82) is 0 Å². The van der Waals surface area contributed by atoms with E-state index < -0.39 is 35.2 Å². The third kappa shape index (κ3) is 2.85. The Balaban J connectivity index is 2.22. The van der Waals surface area contributed by atoms with Gasteiger partial charge in [-0.1, -0.05) is 6.08 Å². The molecular formula is C16H15F4NO2. The first-order valence-corrected chi connectivity index (χ1v) is 7.28. The molecule has 0 bridgehead atoms. The average molecular weight is 329 g/mol. The zero-order valence-corrected chi connectivity index (χ0v) is 12.3. The van der Waals surface area contributed by atoms with Gasteiger partial charge in [0, 0.05) is 11.3 Å². The summed E-state index contributed by atoms with van der Waals surface area (Å²) in [6.07, 6.45) is -2.21. The molecule has 23 heavy (non-hydrogen) atoms. The third-order valence-electron chi connectivity index (χ3n) is 4.02. The monoisotopic (exact) mass is 329 g/mol. The van der Waals surface area contributed by atoms with Crippen molar-refractivity contribution >= 4 is 11.6 Å². The lowest BCUT2D eigenvalue weighted by atomic mass is 9.90. The summed E-state index contributed by atoms with van der Waals surface area (Å²) in [5.74, 6) is -1.47. The number of fused-ring (bicyclic) bond motifs is 1. The second-order valence-corrected chi connectivity index (χ2v) is 5.87. The highest BCUT2D eigenvalue weighted by atomic mass is 19.4. The van der Waals surface area contributed by atoms with Gasteiger partial charge in [0.05, 0.1) is 0 Å². The maximum atomic E-state index is 13.9. The van der Waals surface area contributed by atoms with Gasteiger partial charge in [0.15, 0.2) is 0 Å². The Morgan fingerprint density at radius 3 is 2.65 bits per heavy atom. The molecule has 1 aliphatic heterocycles. The summed E-state index contributed by atoms with van der Waals surface area (Å²) >= 11 is 0. The smallest absolute Gasteiger partial charge is 0.344 e.